The van der Waals surface area contributed by atoms with Crippen LogP contribution in [0.5, 0.6) is 5.75 Å². The number of amides is 1. The number of halogens is 2. The molecule has 5 heteroatoms. The summed E-state index contributed by atoms with van der Waals surface area (Å²) in [5.74, 6) is 0.180. The van der Waals surface area contributed by atoms with Crippen LogP contribution in [0.2, 0.25) is 5.02 Å². The smallest absolute Gasteiger partial charge is 0.261 e. The molecule has 0 aliphatic rings. The van der Waals surface area contributed by atoms with E-state index in [1.165, 1.54) is 12.1 Å². The quantitative estimate of drug-likeness (QED) is 0.830. The Balaban J connectivity index is 1.82. The number of benzene rings is 2. The van der Waals surface area contributed by atoms with Crippen molar-refractivity contribution in [3.05, 3.63) is 64.9 Å². The second kappa shape index (κ2) is 8.53. The Labute approximate surface area is 140 Å². The first-order chi connectivity index (χ1) is 11.1. The average molecular weight is 336 g/mol. The van der Waals surface area contributed by atoms with E-state index in [0.717, 1.165) is 5.56 Å². The van der Waals surface area contributed by atoms with Gasteiger partial charge in [0, 0.05) is 11.6 Å². The highest BCUT2D eigenvalue weighted by Crippen LogP contribution is 2.17. The van der Waals surface area contributed by atoms with Crippen LogP contribution in [0, 0.1) is 5.82 Å². The standard InChI is InChI=1S/C18H19ClFNO2/c1-2-17(23-16-9-5-14(19)6-10-16)18(22)21-12-11-13-3-7-15(20)8-4-13/h3-10,17H,2,11-12H2,1H3,(H,21,22)/t17-/m1/s1. The summed E-state index contributed by atoms with van der Waals surface area (Å²) in [6.07, 6.45) is 0.651. The van der Waals surface area contributed by atoms with Gasteiger partial charge in [0.2, 0.25) is 0 Å². The van der Waals surface area contributed by atoms with Gasteiger partial charge in [-0.3, -0.25) is 4.79 Å². The zero-order valence-electron chi connectivity index (χ0n) is 12.9. The maximum Gasteiger partial charge on any atom is 0.261 e. The molecule has 0 heterocycles. The highest BCUT2D eigenvalue weighted by molar-refractivity contribution is 6.30. The number of rotatable bonds is 7. The van der Waals surface area contributed by atoms with Gasteiger partial charge < -0.3 is 10.1 Å². The molecule has 1 atom stereocenters. The van der Waals surface area contributed by atoms with Gasteiger partial charge in [0.15, 0.2) is 6.10 Å². The lowest BCUT2D eigenvalue weighted by atomic mass is 10.1. The van der Waals surface area contributed by atoms with Crippen LogP contribution in [0.4, 0.5) is 4.39 Å². The molecule has 0 saturated heterocycles. The van der Waals surface area contributed by atoms with Crippen molar-refractivity contribution in [3.63, 3.8) is 0 Å². The molecule has 0 spiro atoms. The van der Waals surface area contributed by atoms with E-state index in [9.17, 15) is 9.18 Å². The second-order valence-corrected chi connectivity index (χ2v) is 5.57. The third kappa shape index (κ3) is 5.57. The summed E-state index contributed by atoms with van der Waals surface area (Å²) in [6, 6.07) is 13.1. The van der Waals surface area contributed by atoms with Crippen molar-refractivity contribution in [1.82, 2.24) is 5.32 Å². The first kappa shape index (κ1) is 17.3. The summed E-state index contributed by atoms with van der Waals surface area (Å²) in [7, 11) is 0. The van der Waals surface area contributed by atoms with Crippen LogP contribution in [0.25, 0.3) is 0 Å². The van der Waals surface area contributed by atoms with Crippen molar-refractivity contribution >= 4 is 17.5 Å². The molecule has 0 fully saturated rings. The highest BCUT2D eigenvalue weighted by Gasteiger charge is 2.17. The molecule has 122 valence electrons. The number of hydrogen-bond acceptors (Lipinski definition) is 2. The summed E-state index contributed by atoms with van der Waals surface area (Å²) in [5, 5.41) is 3.46. The van der Waals surface area contributed by atoms with E-state index in [1.54, 1.807) is 36.4 Å². The number of carbonyl (C=O) groups excluding carboxylic acids is 1. The minimum absolute atomic E-state index is 0.162. The lowest BCUT2D eigenvalue weighted by Crippen LogP contribution is -2.38. The van der Waals surface area contributed by atoms with E-state index in [2.05, 4.69) is 5.32 Å². The molecular formula is C18H19ClFNO2. The Kier molecular flexibility index (Phi) is 6.41. The van der Waals surface area contributed by atoms with Crippen LogP contribution in [0.15, 0.2) is 48.5 Å². The van der Waals surface area contributed by atoms with E-state index < -0.39 is 6.10 Å². The monoisotopic (exact) mass is 335 g/mol. The minimum Gasteiger partial charge on any atom is -0.481 e. The van der Waals surface area contributed by atoms with Gasteiger partial charge in [-0.05, 0) is 54.8 Å². The fourth-order valence-corrected chi connectivity index (χ4v) is 2.22. The van der Waals surface area contributed by atoms with E-state index in [4.69, 9.17) is 16.3 Å². The van der Waals surface area contributed by atoms with Gasteiger partial charge in [0.05, 0.1) is 0 Å². The molecule has 23 heavy (non-hydrogen) atoms. The lowest BCUT2D eigenvalue weighted by molar-refractivity contribution is -0.128. The molecule has 0 saturated carbocycles. The molecule has 3 nitrogen and oxygen atoms in total. The molecule has 2 aromatic carbocycles. The predicted molar refractivity (Wildman–Crippen MR) is 89.3 cm³/mol. The van der Waals surface area contributed by atoms with Crippen molar-refractivity contribution in [2.75, 3.05) is 6.54 Å². The largest absolute Gasteiger partial charge is 0.481 e. The van der Waals surface area contributed by atoms with Crippen molar-refractivity contribution in [3.8, 4) is 5.75 Å². The summed E-state index contributed by atoms with van der Waals surface area (Å²) in [4.78, 5) is 12.2. The molecule has 0 unspecified atom stereocenters. The van der Waals surface area contributed by atoms with Crippen LogP contribution >= 0.6 is 11.6 Å². The van der Waals surface area contributed by atoms with Gasteiger partial charge >= 0.3 is 0 Å². The summed E-state index contributed by atoms with van der Waals surface area (Å²) < 4.78 is 18.5. The number of hydrogen-bond donors (Lipinski definition) is 1. The molecule has 2 aromatic rings. The molecule has 1 amide bonds. The Morgan fingerprint density at radius 2 is 1.83 bits per heavy atom. The summed E-state index contributed by atoms with van der Waals surface area (Å²) in [6.45, 7) is 2.37. The van der Waals surface area contributed by atoms with Crippen molar-refractivity contribution < 1.29 is 13.9 Å². The Hall–Kier alpha value is -2.07. The maximum atomic E-state index is 12.8. The van der Waals surface area contributed by atoms with Crippen LogP contribution in [0.3, 0.4) is 0 Å². The Morgan fingerprint density at radius 1 is 1.17 bits per heavy atom. The number of ether oxygens (including phenoxy) is 1. The molecule has 0 aromatic heterocycles. The average Bonchev–Trinajstić information content (AvgIpc) is 2.56. The first-order valence-corrected chi connectivity index (χ1v) is 7.90. The van der Waals surface area contributed by atoms with Gasteiger partial charge in [-0.1, -0.05) is 30.7 Å². The van der Waals surface area contributed by atoms with Gasteiger partial charge in [0.1, 0.15) is 11.6 Å². The number of nitrogens with one attached hydrogen (secondary N) is 1. The van der Waals surface area contributed by atoms with Gasteiger partial charge in [0.25, 0.3) is 5.91 Å². The highest BCUT2D eigenvalue weighted by atomic mass is 35.5. The molecule has 0 aliphatic carbocycles. The third-order valence-electron chi connectivity index (χ3n) is 3.38. The molecule has 0 aliphatic heterocycles. The predicted octanol–water partition coefficient (Wildman–Crippen LogP) is 4.00. The van der Waals surface area contributed by atoms with Crippen molar-refractivity contribution in [2.24, 2.45) is 0 Å². The second-order valence-electron chi connectivity index (χ2n) is 5.14. The van der Waals surface area contributed by atoms with Crippen LogP contribution in [0.1, 0.15) is 18.9 Å². The maximum absolute atomic E-state index is 12.8. The van der Waals surface area contributed by atoms with E-state index >= 15 is 0 Å². The fourth-order valence-electron chi connectivity index (χ4n) is 2.09. The van der Waals surface area contributed by atoms with Gasteiger partial charge in [-0.15, -0.1) is 0 Å². The van der Waals surface area contributed by atoms with E-state index in [-0.39, 0.29) is 11.7 Å². The molecule has 0 bridgehead atoms. The summed E-state index contributed by atoms with van der Waals surface area (Å²) >= 11 is 5.82. The topological polar surface area (TPSA) is 38.3 Å². The third-order valence-corrected chi connectivity index (χ3v) is 3.63. The fraction of sp³-hybridized carbons (Fsp3) is 0.278. The zero-order chi connectivity index (χ0) is 16.7. The normalized spacial score (nSPS) is 11.8. The number of carbonyl (C=O) groups is 1. The minimum atomic E-state index is -0.551. The van der Waals surface area contributed by atoms with Crippen LogP contribution < -0.4 is 10.1 Å². The Bertz CT molecular complexity index is 628. The first-order valence-electron chi connectivity index (χ1n) is 7.53. The van der Waals surface area contributed by atoms with Gasteiger partial charge in [-0.2, -0.15) is 0 Å². The van der Waals surface area contributed by atoms with Crippen molar-refractivity contribution in [2.45, 2.75) is 25.9 Å². The Morgan fingerprint density at radius 3 is 2.43 bits per heavy atom. The summed E-state index contributed by atoms with van der Waals surface area (Å²) in [5.41, 5.74) is 0.971. The lowest BCUT2D eigenvalue weighted by Gasteiger charge is -2.17. The van der Waals surface area contributed by atoms with Gasteiger partial charge in [-0.25, -0.2) is 4.39 Å². The molecule has 1 N–H and O–H groups in total. The van der Waals surface area contributed by atoms with Crippen LogP contribution in [-0.2, 0) is 11.2 Å². The molecule has 0 radical (unpaired) electrons. The van der Waals surface area contributed by atoms with E-state index in [0.29, 0.717) is 30.2 Å². The zero-order valence-corrected chi connectivity index (χ0v) is 13.6. The molecular weight excluding hydrogens is 317 g/mol. The van der Waals surface area contributed by atoms with E-state index in [1.807, 2.05) is 6.92 Å². The SMILES string of the molecule is CC[C@@H](Oc1ccc(Cl)cc1)C(=O)NCCc1ccc(F)cc1. The molecule has 2 rings (SSSR count). The van der Waals surface area contributed by atoms with Crippen molar-refractivity contribution in [1.29, 1.82) is 0 Å². The van der Waals surface area contributed by atoms with Crippen LogP contribution in [-0.4, -0.2) is 18.6 Å².